The second-order valence-electron chi connectivity index (χ2n) is 7.28. The van der Waals surface area contributed by atoms with Gasteiger partial charge < -0.3 is 5.32 Å². The lowest BCUT2D eigenvalue weighted by Gasteiger charge is -2.30. The molecule has 0 saturated heterocycles. The van der Waals surface area contributed by atoms with Crippen LogP contribution in [0.3, 0.4) is 0 Å². The van der Waals surface area contributed by atoms with E-state index in [1.165, 1.54) is 0 Å². The van der Waals surface area contributed by atoms with Crippen LogP contribution in [0.1, 0.15) is 29.7 Å². The van der Waals surface area contributed by atoms with Crippen LogP contribution in [-0.4, -0.2) is 26.6 Å². The number of nitrogens with one attached hydrogen (secondary N) is 1. The first-order valence-corrected chi connectivity index (χ1v) is 11.6. The van der Waals surface area contributed by atoms with Crippen LogP contribution < -0.4 is 9.62 Å². The lowest BCUT2D eigenvalue weighted by atomic mass is 9.94. The van der Waals surface area contributed by atoms with E-state index in [1.807, 2.05) is 61.5 Å². The van der Waals surface area contributed by atoms with Gasteiger partial charge in [-0.2, -0.15) is 0 Å². The number of hydrogen-bond acceptors (Lipinski definition) is 3. The molecule has 156 valence electrons. The summed E-state index contributed by atoms with van der Waals surface area (Å²) in [6, 6.07) is 24.9. The third-order valence-corrected chi connectivity index (χ3v) is 6.26. The average Bonchev–Trinajstić information content (AvgIpc) is 2.73. The summed E-state index contributed by atoms with van der Waals surface area (Å²) in [5.74, 6) is -0.374. The number of aryl methyl sites for hydroxylation is 1. The second kappa shape index (κ2) is 9.13. The van der Waals surface area contributed by atoms with E-state index >= 15 is 0 Å². The van der Waals surface area contributed by atoms with Gasteiger partial charge in [0.15, 0.2) is 0 Å². The Labute approximate surface area is 178 Å². The molecule has 0 fully saturated rings. The molecule has 1 amide bonds. The Bertz CT molecular complexity index is 1100. The van der Waals surface area contributed by atoms with Crippen LogP contribution in [0.15, 0.2) is 84.9 Å². The Morgan fingerprint density at radius 1 is 0.867 bits per heavy atom. The first-order valence-electron chi connectivity index (χ1n) is 9.74. The highest BCUT2D eigenvalue weighted by molar-refractivity contribution is 7.92. The van der Waals surface area contributed by atoms with Crippen molar-refractivity contribution in [2.24, 2.45) is 0 Å². The molecule has 0 aliphatic rings. The minimum Gasteiger partial charge on any atom is -0.343 e. The van der Waals surface area contributed by atoms with Crippen LogP contribution in [0.5, 0.6) is 0 Å². The van der Waals surface area contributed by atoms with Gasteiger partial charge in [-0.05, 0) is 42.7 Å². The molecule has 1 N–H and O–H groups in total. The van der Waals surface area contributed by atoms with Gasteiger partial charge in [-0.1, -0.05) is 72.8 Å². The van der Waals surface area contributed by atoms with Crippen molar-refractivity contribution >= 4 is 21.6 Å². The maximum Gasteiger partial charge on any atom is 0.244 e. The van der Waals surface area contributed by atoms with Gasteiger partial charge in [0.25, 0.3) is 0 Å². The highest BCUT2D eigenvalue weighted by Crippen LogP contribution is 2.26. The van der Waals surface area contributed by atoms with Crippen LogP contribution in [0.2, 0.25) is 0 Å². The van der Waals surface area contributed by atoms with E-state index in [9.17, 15) is 13.2 Å². The van der Waals surface area contributed by atoms with Crippen molar-refractivity contribution in [2.45, 2.75) is 25.9 Å². The minimum absolute atomic E-state index is 0.374. The first kappa shape index (κ1) is 21.6. The standard InChI is InChI=1S/C24H26N2O3S/c1-18-12-10-11-17-22(18)23(20-13-6-4-7-14-20)25-24(27)19(2)26(30(3,28)29)21-15-8-5-9-16-21/h4-17,19,23H,1-3H3,(H,25,27)/t19-,23+/m0/s1. The minimum atomic E-state index is -3.66. The molecule has 5 nitrogen and oxygen atoms in total. The third kappa shape index (κ3) is 4.89. The van der Waals surface area contributed by atoms with Crippen molar-refractivity contribution in [1.82, 2.24) is 5.32 Å². The molecule has 0 heterocycles. The van der Waals surface area contributed by atoms with E-state index in [0.29, 0.717) is 5.69 Å². The Balaban J connectivity index is 1.96. The van der Waals surface area contributed by atoms with Gasteiger partial charge in [0.05, 0.1) is 18.0 Å². The van der Waals surface area contributed by atoms with Crippen LogP contribution in [-0.2, 0) is 14.8 Å². The molecular formula is C24H26N2O3S. The summed E-state index contributed by atoms with van der Waals surface area (Å²) < 4.78 is 26.2. The zero-order valence-corrected chi connectivity index (χ0v) is 18.1. The van der Waals surface area contributed by atoms with Gasteiger partial charge in [0.1, 0.15) is 6.04 Å². The van der Waals surface area contributed by atoms with Crippen molar-refractivity contribution < 1.29 is 13.2 Å². The molecular weight excluding hydrogens is 396 g/mol. The number of rotatable bonds is 7. The first-order chi connectivity index (χ1) is 14.3. The predicted molar refractivity (Wildman–Crippen MR) is 121 cm³/mol. The Morgan fingerprint density at radius 3 is 1.97 bits per heavy atom. The molecule has 30 heavy (non-hydrogen) atoms. The van der Waals surface area contributed by atoms with Crippen LogP contribution in [0.25, 0.3) is 0 Å². The number of carbonyl (C=O) groups is 1. The number of anilines is 1. The summed E-state index contributed by atoms with van der Waals surface area (Å²) in [7, 11) is -3.66. The largest absolute Gasteiger partial charge is 0.343 e. The zero-order chi connectivity index (χ0) is 21.7. The highest BCUT2D eigenvalue weighted by atomic mass is 32.2. The molecule has 6 heteroatoms. The van der Waals surface area contributed by atoms with Crippen LogP contribution in [0.4, 0.5) is 5.69 Å². The Hall–Kier alpha value is -3.12. The maximum atomic E-state index is 13.3. The summed E-state index contributed by atoms with van der Waals surface area (Å²) in [6.45, 7) is 3.59. The van der Waals surface area contributed by atoms with Gasteiger partial charge in [-0.3, -0.25) is 9.10 Å². The maximum absolute atomic E-state index is 13.3. The number of sulfonamides is 1. The van der Waals surface area contributed by atoms with Crippen molar-refractivity contribution in [3.8, 4) is 0 Å². The van der Waals surface area contributed by atoms with E-state index in [4.69, 9.17) is 0 Å². The molecule has 0 spiro atoms. The fourth-order valence-corrected chi connectivity index (χ4v) is 4.72. The van der Waals surface area contributed by atoms with E-state index in [1.54, 1.807) is 37.3 Å². The van der Waals surface area contributed by atoms with E-state index in [-0.39, 0.29) is 11.9 Å². The smallest absolute Gasteiger partial charge is 0.244 e. The zero-order valence-electron chi connectivity index (χ0n) is 17.3. The lowest BCUT2D eigenvalue weighted by molar-refractivity contribution is -0.122. The summed E-state index contributed by atoms with van der Waals surface area (Å²) in [4.78, 5) is 13.3. The molecule has 2 atom stereocenters. The third-order valence-electron chi connectivity index (χ3n) is 5.02. The molecule has 3 rings (SSSR count). The molecule has 0 unspecified atom stereocenters. The van der Waals surface area contributed by atoms with Crippen LogP contribution >= 0.6 is 0 Å². The molecule has 0 bridgehead atoms. The van der Waals surface area contributed by atoms with Crippen molar-refractivity contribution in [1.29, 1.82) is 0 Å². The molecule has 0 aliphatic heterocycles. The van der Waals surface area contributed by atoms with Crippen molar-refractivity contribution in [3.05, 3.63) is 102 Å². The molecule has 3 aromatic carbocycles. The highest BCUT2D eigenvalue weighted by Gasteiger charge is 2.31. The number of hydrogen-bond donors (Lipinski definition) is 1. The normalized spacial score (nSPS) is 13.3. The molecule has 0 aliphatic carbocycles. The van der Waals surface area contributed by atoms with E-state index < -0.39 is 16.1 Å². The SMILES string of the molecule is Cc1ccccc1[C@H](NC(=O)[C@H](C)N(c1ccccc1)S(C)(=O)=O)c1ccccc1. The monoisotopic (exact) mass is 422 g/mol. The molecule has 3 aromatic rings. The fraction of sp³-hybridized carbons (Fsp3) is 0.208. The van der Waals surface area contributed by atoms with Crippen molar-refractivity contribution in [3.63, 3.8) is 0 Å². The molecule has 0 saturated carbocycles. The number of carbonyl (C=O) groups excluding carboxylic acids is 1. The number of para-hydroxylation sites is 1. The summed E-state index contributed by atoms with van der Waals surface area (Å²) in [5, 5.41) is 3.07. The van der Waals surface area contributed by atoms with Gasteiger partial charge in [0.2, 0.25) is 15.9 Å². The quantitative estimate of drug-likeness (QED) is 0.625. The molecule has 0 aromatic heterocycles. The summed E-state index contributed by atoms with van der Waals surface area (Å²) >= 11 is 0. The Morgan fingerprint density at radius 2 is 1.40 bits per heavy atom. The van der Waals surface area contributed by atoms with Gasteiger partial charge in [-0.25, -0.2) is 8.42 Å². The van der Waals surface area contributed by atoms with E-state index in [0.717, 1.165) is 27.3 Å². The number of nitrogens with zero attached hydrogens (tertiary/aromatic N) is 1. The van der Waals surface area contributed by atoms with E-state index in [2.05, 4.69) is 5.32 Å². The topological polar surface area (TPSA) is 66.5 Å². The Kier molecular flexibility index (Phi) is 6.57. The number of benzene rings is 3. The fourth-order valence-electron chi connectivity index (χ4n) is 3.54. The van der Waals surface area contributed by atoms with Crippen LogP contribution in [0, 0.1) is 6.92 Å². The second-order valence-corrected chi connectivity index (χ2v) is 9.14. The number of amides is 1. The molecule has 0 radical (unpaired) electrons. The average molecular weight is 423 g/mol. The van der Waals surface area contributed by atoms with Gasteiger partial charge >= 0.3 is 0 Å². The van der Waals surface area contributed by atoms with Crippen molar-refractivity contribution in [2.75, 3.05) is 10.6 Å². The van der Waals surface area contributed by atoms with Gasteiger partial charge in [-0.15, -0.1) is 0 Å². The lowest BCUT2D eigenvalue weighted by Crippen LogP contribution is -2.48. The summed E-state index contributed by atoms with van der Waals surface area (Å²) in [5.41, 5.74) is 3.39. The predicted octanol–water partition coefficient (Wildman–Crippen LogP) is 4.06. The van der Waals surface area contributed by atoms with Gasteiger partial charge in [0, 0.05) is 0 Å². The summed E-state index contributed by atoms with van der Waals surface area (Å²) in [6.07, 6.45) is 1.11.